The third kappa shape index (κ3) is 5.43. The van der Waals surface area contributed by atoms with Crippen molar-refractivity contribution in [2.45, 2.75) is 6.18 Å². The van der Waals surface area contributed by atoms with E-state index in [4.69, 9.17) is 0 Å². The normalized spacial score (nSPS) is 14.5. The van der Waals surface area contributed by atoms with E-state index in [2.05, 4.69) is 25.3 Å². The van der Waals surface area contributed by atoms with Gasteiger partial charge in [-0.1, -0.05) is 6.07 Å². The lowest BCUT2D eigenvalue weighted by Crippen LogP contribution is -2.47. The summed E-state index contributed by atoms with van der Waals surface area (Å²) >= 11 is 1.12. The van der Waals surface area contributed by atoms with Crippen LogP contribution in [-0.4, -0.2) is 74.6 Å². The Morgan fingerprint density at radius 2 is 1.74 bits per heavy atom. The zero-order valence-electron chi connectivity index (χ0n) is 20.1. The number of carbonyl (C=O) groups is 2. The van der Waals surface area contributed by atoms with E-state index in [-0.39, 0.29) is 22.4 Å². The second kappa shape index (κ2) is 10.3. The van der Waals surface area contributed by atoms with Gasteiger partial charge in [0.25, 0.3) is 11.8 Å². The van der Waals surface area contributed by atoms with Gasteiger partial charge in [-0.25, -0.2) is 9.67 Å². The molecule has 1 N–H and O–H groups in total. The molecule has 13 heteroatoms. The number of aromatic nitrogens is 4. The van der Waals surface area contributed by atoms with Gasteiger partial charge in [-0.15, -0.1) is 11.3 Å². The summed E-state index contributed by atoms with van der Waals surface area (Å²) < 4.78 is 41.4. The summed E-state index contributed by atoms with van der Waals surface area (Å²) in [5, 5.41) is 8.08. The third-order valence-corrected chi connectivity index (χ3v) is 6.79. The van der Waals surface area contributed by atoms with Gasteiger partial charge >= 0.3 is 6.18 Å². The van der Waals surface area contributed by atoms with Gasteiger partial charge in [0.2, 0.25) is 0 Å². The van der Waals surface area contributed by atoms with Gasteiger partial charge in [0, 0.05) is 49.4 Å². The largest absolute Gasteiger partial charge is 0.435 e. The third-order valence-electron chi connectivity index (χ3n) is 6.03. The fourth-order valence-corrected chi connectivity index (χ4v) is 4.64. The molecule has 196 valence electrons. The second-order valence-electron chi connectivity index (χ2n) is 8.67. The molecule has 4 aromatic rings. The molecule has 0 saturated carbocycles. The maximum atomic E-state index is 13.5. The Bertz CT molecular complexity index is 1440. The molecule has 0 unspecified atom stereocenters. The highest BCUT2D eigenvalue weighted by Gasteiger charge is 2.36. The van der Waals surface area contributed by atoms with Crippen LogP contribution >= 0.6 is 11.3 Å². The van der Waals surface area contributed by atoms with Crippen LogP contribution in [0.4, 0.5) is 18.3 Å². The number of likely N-dealkylation sites (N-methyl/N-ethyl adjacent to an activating group) is 1. The van der Waals surface area contributed by atoms with Crippen LogP contribution in [0.5, 0.6) is 0 Å². The van der Waals surface area contributed by atoms with Gasteiger partial charge in [0.1, 0.15) is 11.4 Å². The number of alkyl halides is 3. The number of anilines is 1. The molecule has 5 rings (SSSR count). The van der Waals surface area contributed by atoms with Crippen LogP contribution in [0.3, 0.4) is 0 Å². The second-order valence-corrected chi connectivity index (χ2v) is 9.53. The molecule has 4 heterocycles. The van der Waals surface area contributed by atoms with Gasteiger partial charge in [-0.3, -0.25) is 19.9 Å². The lowest BCUT2D eigenvalue weighted by molar-refractivity contribution is -0.141. The maximum absolute atomic E-state index is 13.5. The van der Waals surface area contributed by atoms with E-state index in [1.54, 1.807) is 34.7 Å². The number of hydrogen-bond acceptors (Lipinski definition) is 7. The quantitative estimate of drug-likeness (QED) is 0.410. The number of rotatable bonds is 5. The molecular formula is C25H22F3N7O2S. The smallest absolute Gasteiger partial charge is 0.336 e. The zero-order chi connectivity index (χ0) is 26.9. The molecule has 0 bridgehead atoms. The first-order valence-electron chi connectivity index (χ1n) is 11.6. The number of nitrogens with zero attached hydrogens (tertiary/aromatic N) is 6. The topological polar surface area (TPSA) is 96.2 Å². The molecule has 0 spiro atoms. The fourth-order valence-electron chi connectivity index (χ4n) is 3.94. The number of benzene rings is 1. The summed E-state index contributed by atoms with van der Waals surface area (Å²) in [5.41, 5.74) is 0.181. The van der Waals surface area contributed by atoms with Crippen LogP contribution in [0.15, 0.2) is 60.1 Å². The van der Waals surface area contributed by atoms with E-state index in [0.29, 0.717) is 36.1 Å². The average Bonchev–Trinajstić information content (AvgIpc) is 3.57. The van der Waals surface area contributed by atoms with Crippen molar-refractivity contribution in [2.75, 3.05) is 38.5 Å². The highest BCUT2D eigenvalue weighted by Crippen LogP contribution is 2.30. The number of hydrogen-bond donors (Lipinski definition) is 1. The van der Waals surface area contributed by atoms with Gasteiger partial charge < -0.3 is 9.80 Å². The van der Waals surface area contributed by atoms with E-state index in [1.807, 2.05) is 7.05 Å². The van der Waals surface area contributed by atoms with Crippen molar-refractivity contribution in [3.05, 3.63) is 77.1 Å². The number of nitrogens with one attached hydrogen (secondary N) is 1. The Morgan fingerprint density at radius 1 is 1.00 bits per heavy atom. The Kier molecular flexibility index (Phi) is 6.95. The van der Waals surface area contributed by atoms with Crippen molar-refractivity contribution < 1.29 is 22.8 Å². The Morgan fingerprint density at radius 3 is 2.39 bits per heavy atom. The van der Waals surface area contributed by atoms with E-state index in [9.17, 15) is 22.8 Å². The Labute approximate surface area is 219 Å². The lowest BCUT2D eigenvalue weighted by atomic mass is 10.1. The summed E-state index contributed by atoms with van der Waals surface area (Å²) in [4.78, 5) is 38.3. The summed E-state index contributed by atoms with van der Waals surface area (Å²) in [5.74, 6) is -0.973. The minimum Gasteiger partial charge on any atom is -0.336 e. The van der Waals surface area contributed by atoms with Gasteiger partial charge in [0.15, 0.2) is 10.8 Å². The number of amides is 2. The van der Waals surface area contributed by atoms with Crippen LogP contribution in [0.25, 0.3) is 17.1 Å². The Hall–Kier alpha value is -4.10. The first kappa shape index (κ1) is 25.5. The molecule has 1 fully saturated rings. The number of carbonyl (C=O) groups excluding carboxylic acids is 2. The molecular weight excluding hydrogens is 519 g/mol. The zero-order valence-corrected chi connectivity index (χ0v) is 21.0. The molecule has 38 heavy (non-hydrogen) atoms. The maximum Gasteiger partial charge on any atom is 0.435 e. The number of halogens is 3. The SMILES string of the molecule is CN1CCN(C(=O)c2ccc(-n3nc(C(F)(F)F)cc3C(=O)Nc3nc(-c4ccccn4)cs3)cc2)CC1. The highest BCUT2D eigenvalue weighted by atomic mass is 32.1. The van der Waals surface area contributed by atoms with Crippen LogP contribution < -0.4 is 5.32 Å². The number of pyridine rings is 1. The predicted octanol–water partition coefficient (Wildman–Crippen LogP) is 4.05. The van der Waals surface area contributed by atoms with Crippen molar-refractivity contribution >= 4 is 28.3 Å². The van der Waals surface area contributed by atoms with E-state index >= 15 is 0 Å². The van der Waals surface area contributed by atoms with Crippen LogP contribution in [0, 0.1) is 0 Å². The summed E-state index contributed by atoms with van der Waals surface area (Å²) in [6.07, 6.45) is -3.15. The van der Waals surface area contributed by atoms with Crippen molar-refractivity contribution in [3.63, 3.8) is 0 Å². The van der Waals surface area contributed by atoms with Crippen molar-refractivity contribution in [3.8, 4) is 17.1 Å². The molecule has 1 aliphatic rings. The van der Waals surface area contributed by atoms with Crippen molar-refractivity contribution in [1.29, 1.82) is 0 Å². The standard InChI is InChI=1S/C25H22F3N7O2S/c1-33-10-12-34(13-11-33)23(37)16-5-7-17(8-6-16)35-20(14-21(32-35)25(26,27)28)22(36)31-24-30-19(15-38-24)18-4-2-3-9-29-18/h2-9,14-15H,10-13H2,1H3,(H,30,31,36). The molecule has 0 radical (unpaired) electrons. The van der Waals surface area contributed by atoms with Crippen LogP contribution in [0.2, 0.25) is 0 Å². The Balaban J connectivity index is 1.39. The molecule has 1 aromatic carbocycles. The van der Waals surface area contributed by atoms with Crippen LogP contribution in [-0.2, 0) is 6.18 Å². The fraction of sp³-hybridized carbons (Fsp3) is 0.240. The first-order chi connectivity index (χ1) is 18.2. The molecule has 9 nitrogen and oxygen atoms in total. The summed E-state index contributed by atoms with van der Waals surface area (Å²) in [7, 11) is 1.98. The summed E-state index contributed by atoms with van der Waals surface area (Å²) in [6.45, 7) is 2.71. The average molecular weight is 542 g/mol. The summed E-state index contributed by atoms with van der Waals surface area (Å²) in [6, 6.07) is 12.0. The lowest BCUT2D eigenvalue weighted by Gasteiger charge is -2.32. The van der Waals surface area contributed by atoms with Crippen molar-refractivity contribution in [2.24, 2.45) is 0 Å². The molecule has 0 atom stereocenters. The van der Waals surface area contributed by atoms with E-state index < -0.39 is 17.8 Å². The molecule has 3 aromatic heterocycles. The molecule has 0 aliphatic carbocycles. The minimum atomic E-state index is -4.76. The van der Waals surface area contributed by atoms with Gasteiger partial charge in [0.05, 0.1) is 11.4 Å². The van der Waals surface area contributed by atoms with E-state index in [0.717, 1.165) is 29.1 Å². The molecule has 2 amide bonds. The highest BCUT2D eigenvalue weighted by molar-refractivity contribution is 7.14. The number of piperazine rings is 1. The van der Waals surface area contributed by atoms with Crippen molar-refractivity contribution in [1.82, 2.24) is 29.5 Å². The number of thiazole rings is 1. The van der Waals surface area contributed by atoms with E-state index in [1.165, 1.54) is 24.3 Å². The monoisotopic (exact) mass is 541 g/mol. The molecule has 1 aliphatic heterocycles. The van der Waals surface area contributed by atoms with Gasteiger partial charge in [-0.2, -0.15) is 18.3 Å². The minimum absolute atomic E-state index is 0.161. The first-order valence-corrected chi connectivity index (χ1v) is 12.5. The predicted molar refractivity (Wildman–Crippen MR) is 135 cm³/mol. The van der Waals surface area contributed by atoms with Gasteiger partial charge in [-0.05, 0) is 43.4 Å². The molecule has 1 saturated heterocycles. The van der Waals surface area contributed by atoms with Crippen LogP contribution in [0.1, 0.15) is 26.5 Å².